The van der Waals surface area contributed by atoms with Gasteiger partial charge in [0.15, 0.2) is 0 Å². The number of carbonyl (C=O) groups excluding carboxylic acids is 1. The van der Waals surface area contributed by atoms with Crippen molar-refractivity contribution in [2.24, 2.45) is 0 Å². The zero-order chi connectivity index (χ0) is 19.2. The van der Waals surface area contributed by atoms with Crippen LogP contribution >= 0.6 is 11.6 Å². The van der Waals surface area contributed by atoms with E-state index in [1.54, 1.807) is 12.3 Å². The van der Waals surface area contributed by atoms with Gasteiger partial charge in [0.25, 0.3) is 5.91 Å². The van der Waals surface area contributed by atoms with Gasteiger partial charge >= 0.3 is 0 Å². The number of anilines is 1. The van der Waals surface area contributed by atoms with E-state index in [0.29, 0.717) is 10.9 Å². The van der Waals surface area contributed by atoms with Crippen LogP contribution in [0.5, 0.6) is 0 Å². The molecule has 5 heteroatoms. The fraction of sp³-hybridized carbons (Fsp3) is 0.455. The molecule has 0 unspecified atom stereocenters. The van der Waals surface area contributed by atoms with Gasteiger partial charge in [0.2, 0.25) is 0 Å². The van der Waals surface area contributed by atoms with Gasteiger partial charge in [-0.05, 0) is 87.6 Å². The molecular weight excluding hydrogens is 358 g/mol. The van der Waals surface area contributed by atoms with Crippen molar-refractivity contribution >= 4 is 23.2 Å². The first-order valence-electron chi connectivity index (χ1n) is 9.73. The lowest BCUT2D eigenvalue weighted by Crippen LogP contribution is -2.39. The highest BCUT2D eigenvalue weighted by Gasteiger charge is 2.44. The minimum absolute atomic E-state index is 0.0198. The largest absolute Gasteiger partial charge is 0.304 e. The first-order valence-corrected chi connectivity index (χ1v) is 10.1. The third-order valence-electron chi connectivity index (χ3n) is 6.14. The van der Waals surface area contributed by atoms with E-state index in [2.05, 4.69) is 36.7 Å². The summed E-state index contributed by atoms with van der Waals surface area (Å²) in [4.78, 5) is 22.0. The first kappa shape index (κ1) is 18.5. The molecule has 0 aliphatic carbocycles. The molecule has 0 saturated carbocycles. The summed E-state index contributed by atoms with van der Waals surface area (Å²) in [6.45, 7) is 9.72. The molecule has 0 bridgehead atoms. The molecule has 0 atom stereocenters. The van der Waals surface area contributed by atoms with Gasteiger partial charge in [0.1, 0.15) is 0 Å². The zero-order valence-electron chi connectivity index (χ0n) is 16.2. The van der Waals surface area contributed by atoms with Crippen LogP contribution in [0.3, 0.4) is 0 Å². The summed E-state index contributed by atoms with van der Waals surface area (Å²) in [7, 11) is 0. The number of nitrogens with zero attached hydrogens (tertiary/aromatic N) is 3. The first-order chi connectivity index (χ1) is 12.9. The van der Waals surface area contributed by atoms with E-state index in [0.717, 1.165) is 49.3 Å². The van der Waals surface area contributed by atoms with Crippen LogP contribution in [0, 0.1) is 0 Å². The number of carbonyl (C=O) groups is 1. The average molecular weight is 384 g/mol. The van der Waals surface area contributed by atoms with Crippen molar-refractivity contribution in [3.63, 3.8) is 0 Å². The summed E-state index contributed by atoms with van der Waals surface area (Å²) >= 11 is 6.20. The van der Waals surface area contributed by atoms with E-state index in [9.17, 15) is 4.79 Å². The van der Waals surface area contributed by atoms with Crippen LogP contribution < -0.4 is 4.90 Å². The SMILES string of the molecule is CCN1CCC(c2cncc(N3C(=O)c4ccc(Cl)cc4C3(C)C)c2)CC1. The molecule has 1 saturated heterocycles. The summed E-state index contributed by atoms with van der Waals surface area (Å²) in [5, 5.41) is 0.658. The van der Waals surface area contributed by atoms with Crippen LogP contribution in [-0.4, -0.2) is 35.4 Å². The molecule has 4 nitrogen and oxygen atoms in total. The second-order valence-electron chi connectivity index (χ2n) is 8.07. The minimum atomic E-state index is -0.455. The van der Waals surface area contributed by atoms with Crippen molar-refractivity contribution in [3.8, 4) is 0 Å². The average Bonchev–Trinajstić information content (AvgIpc) is 2.87. The predicted octanol–water partition coefficient (Wildman–Crippen LogP) is 4.83. The standard InChI is InChI=1S/C22H26ClN3O/c1-4-25-9-7-15(8-10-25)16-11-18(14-24-13-16)26-21(27)19-6-5-17(23)12-20(19)22(26,2)3/h5-6,11-15H,4,7-10H2,1-3H3. The minimum Gasteiger partial charge on any atom is -0.304 e. The summed E-state index contributed by atoms with van der Waals surface area (Å²) in [5.41, 5.74) is 3.35. The lowest BCUT2D eigenvalue weighted by Gasteiger charge is -2.34. The third kappa shape index (κ3) is 3.15. The molecule has 2 aliphatic heterocycles. The quantitative estimate of drug-likeness (QED) is 0.761. The Bertz CT molecular complexity index is 872. The van der Waals surface area contributed by atoms with Gasteiger partial charge in [0, 0.05) is 16.8 Å². The summed E-state index contributed by atoms with van der Waals surface area (Å²) in [6.07, 6.45) is 6.06. The number of benzene rings is 1. The van der Waals surface area contributed by atoms with Crippen molar-refractivity contribution in [2.75, 3.05) is 24.5 Å². The Morgan fingerprint density at radius 3 is 2.63 bits per heavy atom. The van der Waals surface area contributed by atoms with Crippen molar-refractivity contribution < 1.29 is 4.79 Å². The van der Waals surface area contributed by atoms with Crippen molar-refractivity contribution in [3.05, 3.63) is 58.4 Å². The number of amides is 1. The van der Waals surface area contributed by atoms with E-state index < -0.39 is 5.54 Å². The number of halogens is 1. The zero-order valence-corrected chi connectivity index (χ0v) is 17.0. The molecule has 2 aliphatic rings. The molecule has 2 aromatic rings. The van der Waals surface area contributed by atoms with Crippen LogP contribution in [-0.2, 0) is 5.54 Å². The number of hydrogen-bond donors (Lipinski definition) is 0. The maximum absolute atomic E-state index is 13.1. The molecule has 1 fully saturated rings. The van der Waals surface area contributed by atoms with Gasteiger partial charge in [-0.3, -0.25) is 14.7 Å². The maximum atomic E-state index is 13.1. The normalized spacial score (nSPS) is 20.1. The highest BCUT2D eigenvalue weighted by Crippen LogP contribution is 2.43. The van der Waals surface area contributed by atoms with Crippen LogP contribution in [0.4, 0.5) is 5.69 Å². The van der Waals surface area contributed by atoms with Crippen LogP contribution in [0.2, 0.25) is 5.02 Å². The molecule has 0 radical (unpaired) electrons. The molecular formula is C22H26ClN3O. The van der Waals surface area contributed by atoms with E-state index in [1.807, 2.05) is 23.2 Å². The Balaban J connectivity index is 1.66. The molecule has 142 valence electrons. The lowest BCUT2D eigenvalue weighted by atomic mass is 9.90. The van der Waals surface area contributed by atoms with E-state index in [4.69, 9.17) is 11.6 Å². The van der Waals surface area contributed by atoms with Crippen LogP contribution in [0.1, 0.15) is 61.0 Å². The lowest BCUT2D eigenvalue weighted by molar-refractivity contribution is 0.0982. The Kier molecular flexibility index (Phi) is 4.73. The van der Waals surface area contributed by atoms with Gasteiger partial charge in [-0.15, -0.1) is 0 Å². The molecule has 3 heterocycles. The number of fused-ring (bicyclic) bond motifs is 1. The fourth-order valence-electron chi connectivity index (χ4n) is 4.52. The number of likely N-dealkylation sites (tertiary alicyclic amines) is 1. The predicted molar refractivity (Wildman–Crippen MR) is 110 cm³/mol. The fourth-order valence-corrected chi connectivity index (χ4v) is 4.69. The van der Waals surface area contributed by atoms with E-state index in [1.165, 1.54) is 5.56 Å². The Morgan fingerprint density at radius 2 is 1.93 bits per heavy atom. The molecule has 1 aromatic carbocycles. The van der Waals surface area contributed by atoms with Gasteiger partial charge in [-0.1, -0.05) is 18.5 Å². The number of piperidine rings is 1. The molecule has 4 rings (SSSR count). The van der Waals surface area contributed by atoms with Gasteiger partial charge in [-0.2, -0.15) is 0 Å². The summed E-state index contributed by atoms with van der Waals surface area (Å²) < 4.78 is 0. The van der Waals surface area contributed by atoms with Gasteiger partial charge in [-0.25, -0.2) is 0 Å². The summed E-state index contributed by atoms with van der Waals surface area (Å²) in [5.74, 6) is 0.532. The van der Waals surface area contributed by atoms with E-state index >= 15 is 0 Å². The topological polar surface area (TPSA) is 36.4 Å². The number of pyridine rings is 1. The van der Waals surface area contributed by atoms with Gasteiger partial charge in [0.05, 0.1) is 17.4 Å². The number of rotatable bonds is 3. The molecule has 1 amide bonds. The molecule has 0 spiro atoms. The van der Waals surface area contributed by atoms with Crippen molar-refractivity contribution in [1.82, 2.24) is 9.88 Å². The highest BCUT2D eigenvalue weighted by molar-refractivity contribution is 6.31. The number of aromatic nitrogens is 1. The monoisotopic (exact) mass is 383 g/mol. The number of hydrogen-bond acceptors (Lipinski definition) is 3. The van der Waals surface area contributed by atoms with Crippen LogP contribution in [0.15, 0.2) is 36.7 Å². The Labute approximate surface area is 166 Å². The van der Waals surface area contributed by atoms with E-state index in [-0.39, 0.29) is 5.91 Å². The van der Waals surface area contributed by atoms with Crippen LogP contribution in [0.25, 0.3) is 0 Å². The molecule has 1 aromatic heterocycles. The van der Waals surface area contributed by atoms with Crippen molar-refractivity contribution in [2.45, 2.75) is 45.1 Å². The second kappa shape index (κ2) is 6.92. The molecule has 0 N–H and O–H groups in total. The third-order valence-corrected chi connectivity index (χ3v) is 6.38. The Hall–Kier alpha value is -1.91. The maximum Gasteiger partial charge on any atom is 0.259 e. The van der Waals surface area contributed by atoms with Crippen molar-refractivity contribution in [1.29, 1.82) is 0 Å². The smallest absolute Gasteiger partial charge is 0.259 e. The van der Waals surface area contributed by atoms with Gasteiger partial charge < -0.3 is 4.90 Å². The Morgan fingerprint density at radius 1 is 1.19 bits per heavy atom. The summed E-state index contributed by atoms with van der Waals surface area (Å²) in [6, 6.07) is 7.69. The molecule has 27 heavy (non-hydrogen) atoms. The highest BCUT2D eigenvalue weighted by atomic mass is 35.5. The second-order valence-corrected chi connectivity index (χ2v) is 8.51.